The molecule has 0 bridgehead atoms. The lowest BCUT2D eigenvalue weighted by molar-refractivity contribution is -0.167. The van der Waals surface area contributed by atoms with E-state index in [9.17, 15) is 22.8 Å². The topological polar surface area (TPSA) is 137 Å². The molecule has 1 saturated heterocycles. The van der Waals surface area contributed by atoms with Crippen molar-refractivity contribution in [2.24, 2.45) is 0 Å². The van der Waals surface area contributed by atoms with Crippen LogP contribution < -0.4 is 0 Å². The molecule has 2 heterocycles. The van der Waals surface area contributed by atoms with Crippen LogP contribution in [-0.4, -0.2) is 73.3 Å². The molecule has 1 aromatic rings. The van der Waals surface area contributed by atoms with Crippen molar-refractivity contribution >= 4 is 50.9 Å². The summed E-state index contributed by atoms with van der Waals surface area (Å²) in [5.41, 5.74) is 0.0958. The second-order valence-electron chi connectivity index (χ2n) is 6.98. The first-order valence-corrected chi connectivity index (χ1v) is 11.8. The molecule has 0 unspecified atom stereocenters. The molecular formula is C19H19Cl2NO9S. The third kappa shape index (κ3) is 4.91. The molecule has 0 radical (unpaired) electrons. The van der Waals surface area contributed by atoms with E-state index in [1.807, 2.05) is 0 Å². The molecule has 0 aromatic heterocycles. The molecule has 32 heavy (non-hydrogen) atoms. The van der Waals surface area contributed by atoms with Crippen molar-refractivity contribution in [1.82, 2.24) is 4.90 Å². The summed E-state index contributed by atoms with van der Waals surface area (Å²) in [6.45, 7) is -0.287. The van der Waals surface area contributed by atoms with Gasteiger partial charge in [-0.25, -0.2) is 13.2 Å². The maximum Gasteiger partial charge on any atom is 0.355 e. The maximum absolute atomic E-state index is 12.9. The molecule has 0 saturated carbocycles. The SMILES string of the molecule is CC(=O)OCC1=C(C(=O)OCc2ccc(Cl)c(Cl)c2)N2C(=O)[C@H](OCCO)[C@H]2S(=O)(=O)C1. The number of halogens is 2. The van der Waals surface area contributed by atoms with Gasteiger partial charge < -0.3 is 19.3 Å². The molecule has 10 nitrogen and oxygen atoms in total. The molecule has 13 heteroatoms. The van der Waals surface area contributed by atoms with Crippen molar-refractivity contribution in [1.29, 1.82) is 0 Å². The van der Waals surface area contributed by atoms with Crippen LogP contribution in [0.5, 0.6) is 0 Å². The zero-order valence-electron chi connectivity index (χ0n) is 16.7. The lowest BCUT2D eigenvalue weighted by Gasteiger charge is -2.48. The largest absolute Gasteiger partial charge is 0.461 e. The van der Waals surface area contributed by atoms with Crippen LogP contribution >= 0.6 is 23.2 Å². The monoisotopic (exact) mass is 507 g/mol. The average molecular weight is 508 g/mol. The summed E-state index contributed by atoms with van der Waals surface area (Å²) in [7, 11) is -3.97. The van der Waals surface area contributed by atoms with Gasteiger partial charge in [0.25, 0.3) is 5.91 Å². The fourth-order valence-electron chi connectivity index (χ4n) is 3.31. The number of fused-ring (bicyclic) bond motifs is 1. The maximum atomic E-state index is 12.9. The summed E-state index contributed by atoms with van der Waals surface area (Å²) >= 11 is 11.8. The molecule has 0 aliphatic carbocycles. The van der Waals surface area contributed by atoms with E-state index >= 15 is 0 Å². The average Bonchev–Trinajstić information content (AvgIpc) is 2.72. The predicted octanol–water partition coefficient (Wildman–Crippen LogP) is 0.828. The van der Waals surface area contributed by atoms with Gasteiger partial charge in [-0.1, -0.05) is 29.3 Å². The van der Waals surface area contributed by atoms with Crippen LogP contribution in [0.2, 0.25) is 10.0 Å². The number of amides is 1. The predicted molar refractivity (Wildman–Crippen MR) is 111 cm³/mol. The number of hydrogen-bond donors (Lipinski definition) is 1. The number of benzene rings is 1. The molecule has 1 N–H and O–H groups in total. The molecule has 3 rings (SSSR count). The molecule has 2 atom stereocenters. The van der Waals surface area contributed by atoms with Gasteiger partial charge in [-0.05, 0) is 17.7 Å². The van der Waals surface area contributed by atoms with E-state index in [4.69, 9.17) is 42.5 Å². The van der Waals surface area contributed by atoms with E-state index in [-0.39, 0.29) is 29.5 Å². The number of ether oxygens (including phenoxy) is 3. The van der Waals surface area contributed by atoms with Gasteiger partial charge in [0, 0.05) is 12.5 Å². The van der Waals surface area contributed by atoms with Crippen LogP contribution in [-0.2, 0) is 45.0 Å². The van der Waals surface area contributed by atoms with Crippen molar-refractivity contribution < 1.29 is 42.1 Å². The minimum absolute atomic E-state index is 0.0930. The van der Waals surface area contributed by atoms with E-state index in [1.54, 1.807) is 6.07 Å². The van der Waals surface area contributed by atoms with Crippen LogP contribution in [0.1, 0.15) is 12.5 Å². The second-order valence-corrected chi connectivity index (χ2v) is 9.89. The number of hydrogen-bond acceptors (Lipinski definition) is 9. The Kier molecular flexibility index (Phi) is 7.46. The Morgan fingerprint density at radius 3 is 2.53 bits per heavy atom. The standard InChI is InChI=1S/C19H19Cl2NO9S/c1-10(24)30-8-12-9-32(27,28)18-16(29-5-4-23)17(25)22(18)15(12)19(26)31-7-11-2-3-13(20)14(21)6-11/h2-3,6,16,18,23H,4-5,7-9H2,1H3/t16-,18+/m0/s1. The van der Waals surface area contributed by atoms with E-state index in [1.165, 1.54) is 12.1 Å². The third-order valence-corrected chi connectivity index (χ3v) is 7.38. The van der Waals surface area contributed by atoms with Crippen molar-refractivity contribution in [2.45, 2.75) is 25.0 Å². The highest BCUT2D eigenvalue weighted by molar-refractivity contribution is 7.92. The Labute approximate surface area is 193 Å². The van der Waals surface area contributed by atoms with Gasteiger partial charge in [0.05, 0.1) is 29.0 Å². The van der Waals surface area contributed by atoms with E-state index in [0.29, 0.717) is 10.6 Å². The van der Waals surface area contributed by atoms with Gasteiger partial charge in [-0.15, -0.1) is 0 Å². The van der Waals surface area contributed by atoms with E-state index in [2.05, 4.69) is 0 Å². The fourth-order valence-corrected chi connectivity index (χ4v) is 5.61. The number of aliphatic hydroxyl groups is 1. The summed E-state index contributed by atoms with van der Waals surface area (Å²) in [4.78, 5) is 37.5. The first-order chi connectivity index (χ1) is 15.1. The number of carbonyl (C=O) groups excluding carboxylic acids is 3. The highest BCUT2D eigenvalue weighted by atomic mass is 35.5. The molecular weight excluding hydrogens is 489 g/mol. The van der Waals surface area contributed by atoms with Crippen molar-refractivity contribution in [3.63, 3.8) is 0 Å². The number of nitrogens with zero attached hydrogens (tertiary/aromatic N) is 1. The summed E-state index contributed by atoms with van der Waals surface area (Å²) in [5, 5.41) is 8.03. The Morgan fingerprint density at radius 1 is 1.19 bits per heavy atom. The van der Waals surface area contributed by atoms with Crippen LogP contribution in [0.4, 0.5) is 0 Å². The Morgan fingerprint density at radius 2 is 1.91 bits per heavy atom. The molecule has 2 aliphatic rings. The van der Waals surface area contributed by atoms with E-state index in [0.717, 1.165) is 11.8 Å². The molecule has 1 fully saturated rings. The quantitative estimate of drug-likeness (QED) is 0.400. The Hall–Kier alpha value is -2.18. The minimum atomic E-state index is -3.97. The normalized spacial score (nSPS) is 21.6. The summed E-state index contributed by atoms with van der Waals surface area (Å²) in [5.74, 6) is -3.09. The van der Waals surface area contributed by atoms with Gasteiger partial charge in [0.15, 0.2) is 21.3 Å². The number of sulfone groups is 1. The van der Waals surface area contributed by atoms with Gasteiger partial charge >= 0.3 is 11.9 Å². The number of rotatable bonds is 8. The summed E-state index contributed by atoms with van der Waals surface area (Å²) < 4.78 is 40.8. The van der Waals surface area contributed by atoms with E-state index < -0.39 is 58.1 Å². The number of aliphatic hydroxyl groups excluding tert-OH is 1. The Bertz CT molecular complexity index is 1090. The van der Waals surface area contributed by atoms with Gasteiger partial charge in [-0.3, -0.25) is 14.5 Å². The fraction of sp³-hybridized carbons (Fsp3) is 0.421. The molecule has 2 aliphatic heterocycles. The van der Waals surface area contributed by atoms with Crippen molar-refractivity contribution in [3.05, 3.63) is 45.1 Å². The zero-order chi connectivity index (χ0) is 23.6. The molecule has 0 spiro atoms. The zero-order valence-corrected chi connectivity index (χ0v) is 19.1. The van der Waals surface area contributed by atoms with Crippen LogP contribution in [0, 0.1) is 0 Å². The highest BCUT2D eigenvalue weighted by Crippen LogP contribution is 2.38. The van der Waals surface area contributed by atoms with Crippen molar-refractivity contribution in [2.75, 3.05) is 25.6 Å². The van der Waals surface area contributed by atoms with Crippen LogP contribution in [0.25, 0.3) is 0 Å². The third-order valence-electron chi connectivity index (χ3n) is 4.70. The summed E-state index contributed by atoms with van der Waals surface area (Å²) in [6, 6.07) is 4.59. The molecule has 174 valence electrons. The van der Waals surface area contributed by atoms with Crippen LogP contribution in [0.15, 0.2) is 29.5 Å². The Balaban J connectivity index is 1.89. The van der Waals surface area contributed by atoms with Crippen LogP contribution in [0.3, 0.4) is 0 Å². The second kappa shape index (κ2) is 9.75. The first-order valence-electron chi connectivity index (χ1n) is 9.30. The lowest BCUT2D eigenvalue weighted by atomic mass is 10.1. The minimum Gasteiger partial charge on any atom is -0.461 e. The number of β-lactam (4-membered cyclic amide) rings is 1. The van der Waals surface area contributed by atoms with Gasteiger partial charge in [-0.2, -0.15) is 0 Å². The highest BCUT2D eigenvalue weighted by Gasteiger charge is 2.61. The molecule has 1 aromatic carbocycles. The van der Waals surface area contributed by atoms with Gasteiger partial charge in [0.1, 0.15) is 18.9 Å². The lowest BCUT2D eigenvalue weighted by Crippen LogP contribution is -2.71. The van der Waals surface area contributed by atoms with Gasteiger partial charge in [0.2, 0.25) is 0 Å². The summed E-state index contributed by atoms with van der Waals surface area (Å²) in [6.07, 6.45) is -1.36. The number of carbonyl (C=O) groups is 3. The first kappa shape index (κ1) is 24.5. The smallest absolute Gasteiger partial charge is 0.355 e. The van der Waals surface area contributed by atoms with Crippen molar-refractivity contribution in [3.8, 4) is 0 Å². The number of esters is 2. The molecule has 1 amide bonds.